The van der Waals surface area contributed by atoms with E-state index in [0.717, 1.165) is 70.6 Å². The van der Waals surface area contributed by atoms with Crippen LogP contribution in [0.25, 0.3) is 0 Å². The number of hydrogen-bond acceptors (Lipinski definition) is 9. The summed E-state index contributed by atoms with van der Waals surface area (Å²) >= 11 is 0. The second-order valence-electron chi connectivity index (χ2n) is 14.8. The zero-order chi connectivity index (χ0) is 40.0. The van der Waals surface area contributed by atoms with Gasteiger partial charge in [-0.05, 0) is 57.8 Å². The molecule has 318 valence electrons. The summed E-state index contributed by atoms with van der Waals surface area (Å²) in [6, 6.07) is 0. The molecule has 9 heteroatoms. The minimum Gasteiger partial charge on any atom is -0.457 e. The molecule has 1 saturated heterocycles. The van der Waals surface area contributed by atoms with Gasteiger partial charge in [0.25, 0.3) is 0 Å². The van der Waals surface area contributed by atoms with Crippen molar-refractivity contribution >= 4 is 5.97 Å². The monoisotopic (exact) mass is 777 g/mol. The first-order chi connectivity index (χ1) is 26.9. The van der Waals surface area contributed by atoms with Gasteiger partial charge < -0.3 is 39.4 Å². The first-order valence-electron chi connectivity index (χ1n) is 21.9. The molecule has 0 bridgehead atoms. The van der Waals surface area contributed by atoms with Gasteiger partial charge >= 0.3 is 5.97 Å². The van der Waals surface area contributed by atoms with Gasteiger partial charge in [0, 0.05) is 13.0 Å². The highest BCUT2D eigenvalue weighted by molar-refractivity contribution is 5.69. The van der Waals surface area contributed by atoms with E-state index in [2.05, 4.69) is 74.6 Å². The Balaban J connectivity index is 2.32. The van der Waals surface area contributed by atoms with Crippen LogP contribution < -0.4 is 0 Å². The van der Waals surface area contributed by atoms with Crippen LogP contribution in [-0.2, 0) is 23.7 Å². The molecule has 1 aliphatic heterocycles. The molecule has 55 heavy (non-hydrogen) atoms. The third-order valence-electron chi connectivity index (χ3n) is 9.70. The van der Waals surface area contributed by atoms with E-state index in [4.69, 9.17) is 18.9 Å². The van der Waals surface area contributed by atoms with Crippen molar-refractivity contribution < 1.29 is 44.2 Å². The van der Waals surface area contributed by atoms with Crippen molar-refractivity contribution in [3.05, 3.63) is 60.8 Å². The van der Waals surface area contributed by atoms with Crippen LogP contribution in [0.15, 0.2) is 60.8 Å². The molecule has 1 fully saturated rings. The molecule has 1 aliphatic rings. The topological polar surface area (TPSA) is 135 Å². The molecule has 6 unspecified atom stereocenters. The lowest BCUT2D eigenvalue weighted by Gasteiger charge is -2.39. The quantitative estimate of drug-likeness (QED) is 0.0279. The van der Waals surface area contributed by atoms with Crippen LogP contribution in [0.2, 0.25) is 0 Å². The lowest BCUT2D eigenvalue weighted by Crippen LogP contribution is -2.59. The summed E-state index contributed by atoms with van der Waals surface area (Å²) in [4.78, 5) is 12.7. The van der Waals surface area contributed by atoms with Crippen molar-refractivity contribution in [3.63, 3.8) is 0 Å². The Bertz CT molecular complexity index is 1020. The molecule has 1 rings (SSSR count). The predicted octanol–water partition coefficient (Wildman–Crippen LogP) is 9.52. The van der Waals surface area contributed by atoms with Gasteiger partial charge in [0.15, 0.2) is 6.29 Å². The number of allylic oxidation sites excluding steroid dienone is 10. The van der Waals surface area contributed by atoms with Gasteiger partial charge in [0.05, 0.1) is 19.8 Å². The number of aliphatic hydroxyl groups is 4. The molecule has 0 radical (unpaired) electrons. The van der Waals surface area contributed by atoms with Crippen molar-refractivity contribution in [2.45, 2.75) is 198 Å². The van der Waals surface area contributed by atoms with Crippen molar-refractivity contribution in [2.24, 2.45) is 0 Å². The fraction of sp³-hybridized carbons (Fsp3) is 0.761. The standard InChI is InChI=1S/C46H80O9/c1-3-5-7-9-11-13-15-17-19-20-21-22-24-26-28-30-32-34-36-52-38-40(39-53-46-45(51)44(50)43(49)41(37-47)55-46)54-42(48)35-33-31-29-27-25-23-18-16-14-12-10-8-6-4-2/h5,7,11,13,17,19,21-22,26,28,40-41,43-47,49-51H,3-4,6,8-10,12,14-16,18,20,23-25,27,29-39H2,1-2H3/b7-5-,13-11-,19-17-,22-21-,28-26-. The number of rotatable bonds is 36. The van der Waals surface area contributed by atoms with E-state index >= 15 is 0 Å². The smallest absolute Gasteiger partial charge is 0.306 e. The van der Waals surface area contributed by atoms with Gasteiger partial charge in [0.2, 0.25) is 0 Å². The van der Waals surface area contributed by atoms with Crippen molar-refractivity contribution in [3.8, 4) is 0 Å². The van der Waals surface area contributed by atoms with Crippen molar-refractivity contribution in [1.82, 2.24) is 0 Å². The summed E-state index contributed by atoms with van der Waals surface area (Å²) in [5, 5.41) is 40.1. The number of carbonyl (C=O) groups excluding carboxylic acids is 1. The summed E-state index contributed by atoms with van der Waals surface area (Å²) in [7, 11) is 0. The second-order valence-corrected chi connectivity index (χ2v) is 14.8. The molecule has 0 saturated carbocycles. The average molecular weight is 777 g/mol. The summed E-state index contributed by atoms with van der Waals surface area (Å²) < 4.78 is 22.7. The van der Waals surface area contributed by atoms with Gasteiger partial charge in [-0.15, -0.1) is 0 Å². The van der Waals surface area contributed by atoms with Crippen LogP contribution in [0.1, 0.15) is 162 Å². The summed E-state index contributed by atoms with van der Waals surface area (Å²) in [5.74, 6) is -0.330. The molecule has 4 N–H and O–H groups in total. The second kappa shape index (κ2) is 37.5. The summed E-state index contributed by atoms with van der Waals surface area (Å²) in [5.41, 5.74) is 0. The van der Waals surface area contributed by atoms with E-state index in [9.17, 15) is 25.2 Å². The Morgan fingerprint density at radius 2 is 1.11 bits per heavy atom. The SMILES string of the molecule is CC/C=C\C/C=C\C/C=C\C/C=C\C/C=C\CCCCOCC(COC1OC(CO)C(O)C(O)C1O)OC(=O)CCCCCCCCCCCCCCCC. The number of esters is 1. The molecule has 0 spiro atoms. The zero-order valence-corrected chi connectivity index (χ0v) is 34.7. The van der Waals surface area contributed by atoms with Gasteiger partial charge in [-0.1, -0.05) is 158 Å². The van der Waals surface area contributed by atoms with Crippen LogP contribution in [0, 0.1) is 0 Å². The van der Waals surface area contributed by atoms with E-state index in [-0.39, 0.29) is 19.2 Å². The maximum absolute atomic E-state index is 12.7. The lowest BCUT2D eigenvalue weighted by molar-refractivity contribution is -0.305. The number of aliphatic hydroxyl groups excluding tert-OH is 4. The summed E-state index contributed by atoms with van der Waals surface area (Å²) in [6.07, 6.45) is 39.6. The van der Waals surface area contributed by atoms with Crippen LogP contribution in [-0.4, -0.2) is 89.6 Å². The highest BCUT2D eigenvalue weighted by Crippen LogP contribution is 2.22. The van der Waals surface area contributed by atoms with Crippen LogP contribution in [0.5, 0.6) is 0 Å². The molecule has 0 aromatic carbocycles. The molecule has 1 heterocycles. The Hall–Kier alpha value is -2.11. The van der Waals surface area contributed by atoms with E-state index in [1.165, 1.54) is 70.6 Å². The molecular weight excluding hydrogens is 696 g/mol. The van der Waals surface area contributed by atoms with Gasteiger partial charge in [-0.25, -0.2) is 0 Å². The van der Waals surface area contributed by atoms with Crippen molar-refractivity contribution in [1.29, 1.82) is 0 Å². The Morgan fingerprint density at radius 1 is 0.600 bits per heavy atom. The fourth-order valence-electron chi connectivity index (χ4n) is 6.28. The Labute approximate surface area is 335 Å². The molecule has 6 atom stereocenters. The molecule has 9 nitrogen and oxygen atoms in total. The minimum atomic E-state index is -1.54. The highest BCUT2D eigenvalue weighted by Gasteiger charge is 2.44. The van der Waals surface area contributed by atoms with E-state index in [0.29, 0.717) is 13.0 Å². The van der Waals surface area contributed by atoms with Crippen LogP contribution in [0.3, 0.4) is 0 Å². The Kier molecular flexibility index (Phi) is 34.7. The first-order valence-corrected chi connectivity index (χ1v) is 21.9. The fourth-order valence-corrected chi connectivity index (χ4v) is 6.28. The predicted molar refractivity (Wildman–Crippen MR) is 224 cm³/mol. The summed E-state index contributed by atoms with van der Waals surface area (Å²) in [6.45, 7) is 4.33. The number of hydrogen-bond donors (Lipinski definition) is 4. The normalized spacial score (nSPS) is 21.3. The third-order valence-corrected chi connectivity index (χ3v) is 9.70. The lowest BCUT2D eigenvalue weighted by atomic mass is 9.99. The number of unbranched alkanes of at least 4 members (excludes halogenated alkanes) is 15. The number of ether oxygens (including phenoxy) is 4. The molecule has 0 amide bonds. The van der Waals surface area contributed by atoms with Gasteiger partial charge in [-0.3, -0.25) is 4.79 Å². The molecule has 0 aliphatic carbocycles. The van der Waals surface area contributed by atoms with E-state index in [1.54, 1.807) is 0 Å². The average Bonchev–Trinajstić information content (AvgIpc) is 3.18. The number of carbonyl (C=O) groups is 1. The minimum absolute atomic E-state index is 0.115. The van der Waals surface area contributed by atoms with Gasteiger partial charge in [-0.2, -0.15) is 0 Å². The van der Waals surface area contributed by atoms with Crippen molar-refractivity contribution in [2.75, 3.05) is 26.4 Å². The first kappa shape index (κ1) is 50.9. The Morgan fingerprint density at radius 3 is 1.64 bits per heavy atom. The van der Waals surface area contributed by atoms with Gasteiger partial charge in [0.1, 0.15) is 30.5 Å². The molecule has 0 aromatic heterocycles. The van der Waals surface area contributed by atoms with E-state index < -0.39 is 43.4 Å². The van der Waals surface area contributed by atoms with Crippen LogP contribution >= 0.6 is 0 Å². The van der Waals surface area contributed by atoms with Crippen LogP contribution in [0.4, 0.5) is 0 Å². The zero-order valence-electron chi connectivity index (χ0n) is 34.7. The largest absolute Gasteiger partial charge is 0.457 e. The third kappa shape index (κ3) is 28.9. The molecular formula is C46H80O9. The molecule has 0 aromatic rings. The van der Waals surface area contributed by atoms with E-state index in [1.807, 2.05) is 0 Å². The maximum Gasteiger partial charge on any atom is 0.306 e. The maximum atomic E-state index is 12.7. The highest BCUT2D eigenvalue weighted by atomic mass is 16.7.